The van der Waals surface area contributed by atoms with Crippen molar-refractivity contribution in [1.29, 1.82) is 0 Å². The molecule has 0 rings (SSSR count). The van der Waals surface area contributed by atoms with Gasteiger partial charge in [-0.3, -0.25) is 4.79 Å². The third-order valence-corrected chi connectivity index (χ3v) is 0.717. The Morgan fingerprint density at radius 3 is 2.57 bits per heavy atom. The molecule has 0 aromatic carbocycles. The average molecular weight is 165 g/mol. The SMILES string of the molecule is COC=C(Br)C=O. The summed E-state index contributed by atoms with van der Waals surface area (Å²) in [6, 6.07) is 0. The van der Waals surface area contributed by atoms with Gasteiger partial charge in [-0.25, -0.2) is 0 Å². The summed E-state index contributed by atoms with van der Waals surface area (Å²) in [6.45, 7) is 0. The van der Waals surface area contributed by atoms with Crippen LogP contribution in [0, 0.1) is 0 Å². The lowest BCUT2D eigenvalue weighted by Crippen LogP contribution is -1.71. The Bertz CT molecular complexity index is 87.7. The Hall–Kier alpha value is -0.310. The predicted octanol–water partition coefficient (Wildman–Crippen LogP) is 1.07. The van der Waals surface area contributed by atoms with Gasteiger partial charge in [-0.15, -0.1) is 0 Å². The number of ether oxygens (including phenoxy) is 1. The largest absolute Gasteiger partial charge is 0.503 e. The van der Waals surface area contributed by atoms with Gasteiger partial charge in [0, 0.05) is 0 Å². The summed E-state index contributed by atoms with van der Waals surface area (Å²) in [5, 5.41) is 0. The second-order valence-electron chi connectivity index (χ2n) is 0.856. The first kappa shape index (κ1) is 6.69. The van der Waals surface area contributed by atoms with Crippen LogP contribution in [0.15, 0.2) is 10.7 Å². The molecule has 7 heavy (non-hydrogen) atoms. The van der Waals surface area contributed by atoms with Crippen LogP contribution in [0.4, 0.5) is 0 Å². The lowest BCUT2D eigenvalue weighted by Gasteiger charge is -1.82. The van der Waals surface area contributed by atoms with E-state index >= 15 is 0 Å². The molecule has 40 valence electrons. The first-order valence-corrected chi connectivity index (χ1v) is 2.44. The standard InChI is InChI=1S/C4H5BrO2/c1-7-3-4(5)2-6/h2-3H,1H3. The zero-order valence-electron chi connectivity index (χ0n) is 3.85. The molecule has 0 aliphatic heterocycles. The van der Waals surface area contributed by atoms with Crippen molar-refractivity contribution in [1.82, 2.24) is 0 Å². The van der Waals surface area contributed by atoms with Crippen LogP contribution in [0.25, 0.3) is 0 Å². The molecule has 0 aliphatic carbocycles. The van der Waals surface area contributed by atoms with E-state index in [0.29, 0.717) is 10.8 Å². The van der Waals surface area contributed by atoms with E-state index in [-0.39, 0.29) is 0 Å². The minimum absolute atomic E-state index is 0.412. The first-order chi connectivity index (χ1) is 3.31. The third kappa shape index (κ3) is 3.52. The number of carbonyl (C=O) groups is 1. The zero-order valence-corrected chi connectivity index (χ0v) is 5.44. The Morgan fingerprint density at radius 1 is 1.86 bits per heavy atom. The van der Waals surface area contributed by atoms with Crippen LogP contribution >= 0.6 is 15.9 Å². The highest BCUT2D eigenvalue weighted by atomic mass is 79.9. The van der Waals surface area contributed by atoms with Gasteiger partial charge in [-0.2, -0.15) is 0 Å². The fourth-order valence-electron chi connectivity index (χ4n) is 0.140. The van der Waals surface area contributed by atoms with Gasteiger partial charge < -0.3 is 4.74 Å². The van der Waals surface area contributed by atoms with Crippen LogP contribution in [0.3, 0.4) is 0 Å². The second-order valence-corrected chi connectivity index (χ2v) is 1.77. The van der Waals surface area contributed by atoms with Crippen molar-refractivity contribution in [2.24, 2.45) is 0 Å². The van der Waals surface area contributed by atoms with E-state index in [1.807, 2.05) is 0 Å². The molecule has 0 aromatic rings. The van der Waals surface area contributed by atoms with Crippen molar-refractivity contribution >= 4 is 22.2 Å². The molecule has 0 bridgehead atoms. The molecule has 0 atom stereocenters. The Kier molecular flexibility index (Phi) is 3.69. The molecule has 0 heterocycles. The van der Waals surface area contributed by atoms with Gasteiger partial charge in [-0.1, -0.05) is 0 Å². The smallest absolute Gasteiger partial charge is 0.160 e. The number of hydrogen-bond acceptors (Lipinski definition) is 2. The monoisotopic (exact) mass is 164 g/mol. The molecule has 0 amide bonds. The molecule has 3 heteroatoms. The van der Waals surface area contributed by atoms with Crippen LogP contribution in [-0.2, 0) is 9.53 Å². The van der Waals surface area contributed by atoms with Gasteiger partial charge in [0.25, 0.3) is 0 Å². The number of aldehydes is 1. The van der Waals surface area contributed by atoms with Crippen LogP contribution in [0.1, 0.15) is 0 Å². The van der Waals surface area contributed by atoms with Gasteiger partial charge in [-0.05, 0) is 15.9 Å². The van der Waals surface area contributed by atoms with Gasteiger partial charge in [0.1, 0.15) is 0 Å². The van der Waals surface area contributed by atoms with Crippen molar-refractivity contribution in [2.75, 3.05) is 7.11 Å². The average Bonchev–Trinajstić information content (AvgIpc) is 1.68. The summed E-state index contributed by atoms with van der Waals surface area (Å²) in [4.78, 5) is 9.70. The van der Waals surface area contributed by atoms with Gasteiger partial charge >= 0.3 is 0 Å². The van der Waals surface area contributed by atoms with Crippen molar-refractivity contribution in [2.45, 2.75) is 0 Å². The topological polar surface area (TPSA) is 26.3 Å². The molecule has 0 saturated heterocycles. The molecule has 0 unspecified atom stereocenters. The van der Waals surface area contributed by atoms with Crippen molar-refractivity contribution in [3.8, 4) is 0 Å². The minimum atomic E-state index is 0.412. The molecule has 0 aromatic heterocycles. The highest BCUT2D eigenvalue weighted by Crippen LogP contribution is 1.97. The summed E-state index contributed by atoms with van der Waals surface area (Å²) >= 11 is 2.90. The normalized spacial score (nSPS) is 10.9. The van der Waals surface area contributed by atoms with Crippen molar-refractivity contribution < 1.29 is 9.53 Å². The molecule has 2 nitrogen and oxygen atoms in total. The van der Waals surface area contributed by atoms with Crippen LogP contribution in [0.2, 0.25) is 0 Å². The van der Waals surface area contributed by atoms with E-state index in [0.717, 1.165) is 0 Å². The molecule has 0 aliphatic rings. The number of hydrogen-bond donors (Lipinski definition) is 0. The predicted molar refractivity (Wildman–Crippen MR) is 30.1 cm³/mol. The van der Waals surface area contributed by atoms with E-state index in [2.05, 4.69) is 20.7 Å². The lowest BCUT2D eigenvalue weighted by atomic mass is 10.7. The second kappa shape index (κ2) is 3.87. The Balaban J connectivity index is 3.49. The number of rotatable bonds is 2. The maximum Gasteiger partial charge on any atom is 0.160 e. The summed E-state index contributed by atoms with van der Waals surface area (Å²) in [5.41, 5.74) is 0. The third-order valence-electron chi connectivity index (χ3n) is 0.343. The Labute approximate surface area is 50.3 Å². The van der Waals surface area contributed by atoms with Crippen molar-refractivity contribution in [3.63, 3.8) is 0 Å². The number of allylic oxidation sites excluding steroid dienone is 1. The summed E-state index contributed by atoms with van der Waals surface area (Å²) in [6.07, 6.45) is 1.97. The maximum atomic E-state index is 9.70. The van der Waals surface area contributed by atoms with Crippen LogP contribution < -0.4 is 0 Å². The fraction of sp³-hybridized carbons (Fsp3) is 0.250. The summed E-state index contributed by atoms with van der Waals surface area (Å²) in [5.74, 6) is 0. The van der Waals surface area contributed by atoms with Crippen LogP contribution in [-0.4, -0.2) is 13.4 Å². The molecular weight excluding hydrogens is 160 g/mol. The molecular formula is C4H5BrO2. The zero-order chi connectivity index (χ0) is 5.70. The molecule has 0 radical (unpaired) electrons. The molecule has 0 N–H and O–H groups in total. The molecule has 0 fully saturated rings. The van der Waals surface area contributed by atoms with E-state index < -0.39 is 0 Å². The highest BCUT2D eigenvalue weighted by molar-refractivity contribution is 9.12. The maximum absolute atomic E-state index is 9.70. The van der Waals surface area contributed by atoms with Crippen LogP contribution in [0.5, 0.6) is 0 Å². The van der Waals surface area contributed by atoms with Gasteiger partial charge in [0.15, 0.2) is 6.29 Å². The number of carbonyl (C=O) groups excluding carboxylic acids is 1. The lowest BCUT2D eigenvalue weighted by molar-refractivity contribution is -0.104. The van der Waals surface area contributed by atoms with E-state index in [4.69, 9.17) is 0 Å². The Morgan fingerprint density at radius 2 is 2.43 bits per heavy atom. The van der Waals surface area contributed by atoms with E-state index in [9.17, 15) is 4.79 Å². The van der Waals surface area contributed by atoms with Gasteiger partial charge in [0.2, 0.25) is 0 Å². The highest BCUT2D eigenvalue weighted by Gasteiger charge is 1.80. The van der Waals surface area contributed by atoms with Gasteiger partial charge in [0.05, 0.1) is 17.9 Å². The number of methoxy groups -OCH3 is 1. The summed E-state index contributed by atoms with van der Waals surface area (Å²) < 4.78 is 4.87. The first-order valence-electron chi connectivity index (χ1n) is 1.65. The van der Waals surface area contributed by atoms with Crippen molar-refractivity contribution in [3.05, 3.63) is 10.7 Å². The number of halogens is 1. The molecule has 0 saturated carbocycles. The minimum Gasteiger partial charge on any atom is -0.503 e. The van der Waals surface area contributed by atoms with E-state index in [1.54, 1.807) is 0 Å². The quantitative estimate of drug-likeness (QED) is 0.347. The molecule has 0 spiro atoms. The fourth-order valence-corrected chi connectivity index (χ4v) is 0.327. The summed E-state index contributed by atoms with van der Waals surface area (Å²) in [7, 11) is 1.48. The van der Waals surface area contributed by atoms with E-state index in [1.165, 1.54) is 13.4 Å².